The van der Waals surface area contributed by atoms with Crippen LogP contribution in [0, 0.1) is 10.7 Å². The van der Waals surface area contributed by atoms with Crippen LogP contribution in [0.4, 0.5) is 0 Å². The largest absolute Gasteiger partial charge is 0.185 e. The molecule has 0 saturated heterocycles. The average Bonchev–Trinajstić information content (AvgIpc) is 2.08. The second-order valence-corrected chi connectivity index (χ2v) is 5.12. The lowest BCUT2D eigenvalue weighted by atomic mass is 10.5. The topological polar surface area (TPSA) is 23.8 Å². The van der Waals surface area contributed by atoms with Crippen molar-refractivity contribution in [3.8, 4) is 5.40 Å². The second-order valence-electron chi connectivity index (χ2n) is 1.90. The van der Waals surface area contributed by atoms with Gasteiger partial charge in [0.15, 0.2) is 0 Å². The Balaban J connectivity index is 0.000000354. The lowest BCUT2D eigenvalue weighted by Gasteiger charge is -2.05. The Morgan fingerprint density at radius 3 is 2.92 bits per heavy atom. The molecule has 66 valence electrons. The van der Waals surface area contributed by atoms with Crippen molar-refractivity contribution < 1.29 is 0 Å². The molecule has 0 amide bonds. The van der Waals surface area contributed by atoms with E-state index < -0.39 is 0 Å². The van der Waals surface area contributed by atoms with Crippen molar-refractivity contribution in [2.45, 2.75) is 6.92 Å². The first-order valence-corrected chi connectivity index (χ1v) is 6.25. The van der Waals surface area contributed by atoms with Crippen molar-refractivity contribution >= 4 is 33.0 Å². The predicted molar refractivity (Wildman–Crippen MR) is 63.1 cm³/mol. The zero-order chi connectivity index (χ0) is 9.23. The van der Waals surface area contributed by atoms with Crippen LogP contribution >= 0.6 is 33.0 Å². The summed E-state index contributed by atoms with van der Waals surface area (Å²) in [6.07, 6.45) is 7.89. The maximum absolute atomic E-state index is 7.18. The van der Waals surface area contributed by atoms with Crippen LogP contribution < -0.4 is 0 Å². The molecule has 1 atom stereocenters. The molecule has 1 heterocycles. The summed E-state index contributed by atoms with van der Waals surface area (Å²) in [4.78, 5) is 0. The third-order valence-electron chi connectivity index (χ3n) is 1.07. The van der Waals surface area contributed by atoms with Crippen LogP contribution in [0.5, 0.6) is 0 Å². The zero-order valence-electron chi connectivity index (χ0n) is 6.95. The fourth-order valence-corrected chi connectivity index (χ4v) is 2.90. The predicted octanol–water partition coefficient (Wildman–Crippen LogP) is 3.23. The summed E-state index contributed by atoms with van der Waals surface area (Å²) in [7, 11) is 1.04. The van der Waals surface area contributed by atoms with E-state index in [2.05, 4.69) is 37.8 Å². The standard InChI is InChI=1S/C7H11PS.CHNS/c1-2-8-7-5-3-4-6-9-7;2-1-3/h3-5,8H,2,6H2,1H3;3H. The molecule has 1 nitrogen and oxygen atoms in total. The molecule has 0 aromatic heterocycles. The Morgan fingerprint density at radius 2 is 2.50 bits per heavy atom. The van der Waals surface area contributed by atoms with E-state index in [9.17, 15) is 0 Å². The highest BCUT2D eigenvalue weighted by Gasteiger charge is 1.96. The van der Waals surface area contributed by atoms with E-state index >= 15 is 0 Å². The number of allylic oxidation sites excluding steroid dienone is 2. The normalized spacial score (nSPS) is 14.9. The molecule has 0 bridgehead atoms. The maximum Gasteiger partial charge on any atom is 0.130 e. The fraction of sp³-hybridized carbons (Fsp3) is 0.375. The number of nitrogens with zero attached hydrogens (tertiary/aromatic N) is 1. The number of hydrogen-bond acceptors (Lipinski definition) is 3. The van der Waals surface area contributed by atoms with Gasteiger partial charge in [-0.05, 0) is 12.2 Å². The van der Waals surface area contributed by atoms with E-state index in [1.165, 1.54) is 17.3 Å². The van der Waals surface area contributed by atoms with E-state index in [1.54, 1.807) is 4.65 Å². The minimum absolute atomic E-state index is 1.04. The van der Waals surface area contributed by atoms with Crippen molar-refractivity contribution in [2.75, 3.05) is 11.9 Å². The quantitative estimate of drug-likeness (QED) is 0.436. The van der Waals surface area contributed by atoms with Crippen LogP contribution in [0.25, 0.3) is 0 Å². The zero-order valence-corrected chi connectivity index (χ0v) is 9.66. The van der Waals surface area contributed by atoms with Crippen LogP contribution in [0.3, 0.4) is 0 Å². The van der Waals surface area contributed by atoms with Crippen LogP contribution in [0.15, 0.2) is 22.9 Å². The molecule has 0 radical (unpaired) electrons. The van der Waals surface area contributed by atoms with Gasteiger partial charge < -0.3 is 0 Å². The SMILES string of the molecule is CCPC1=CC=CCS1.N#CS. The minimum atomic E-state index is 1.04. The van der Waals surface area contributed by atoms with Gasteiger partial charge in [-0.1, -0.05) is 40.3 Å². The highest BCUT2D eigenvalue weighted by Crippen LogP contribution is 2.35. The Kier molecular flexibility index (Phi) is 9.27. The van der Waals surface area contributed by atoms with Crippen LogP contribution in [-0.4, -0.2) is 11.9 Å². The smallest absolute Gasteiger partial charge is 0.130 e. The van der Waals surface area contributed by atoms with E-state index in [0.29, 0.717) is 0 Å². The molecule has 1 aliphatic rings. The molecular weight excluding hydrogens is 205 g/mol. The summed E-state index contributed by atoms with van der Waals surface area (Å²) in [6.45, 7) is 2.23. The van der Waals surface area contributed by atoms with Gasteiger partial charge in [0, 0.05) is 10.4 Å². The van der Waals surface area contributed by atoms with Crippen LogP contribution in [0.2, 0.25) is 0 Å². The van der Waals surface area contributed by atoms with Gasteiger partial charge in [0.25, 0.3) is 0 Å². The Hall–Kier alpha value is 0.100. The van der Waals surface area contributed by atoms with Gasteiger partial charge in [-0.2, -0.15) is 5.26 Å². The van der Waals surface area contributed by atoms with Crippen molar-refractivity contribution in [3.05, 3.63) is 22.9 Å². The monoisotopic (exact) mass is 217 g/mol. The third-order valence-corrected chi connectivity index (χ3v) is 3.61. The van der Waals surface area contributed by atoms with E-state index in [1.807, 2.05) is 11.8 Å². The number of hydrogen-bond donors (Lipinski definition) is 1. The highest BCUT2D eigenvalue weighted by molar-refractivity contribution is 8.08. The summed E-state index contributed by atoms with van der Waals surface area (Å²) in [5.41, 5.74) is 0. The van der Waals surface area contributed by atoms with Crippen molar-refractivity contribution in [2.24, 2.45) is 0 Å². The molecule has 0 fully saturated rings. The number of thioether (sulfide) groups is 1. The Labute approximate surface area is 85.5 Å². The maximum atomic E-state index is 7.18. The molecule has 0 N–H and O–H groups in total. The van der Waals surface area contributed by atoms with Gasteiger partial charge in [-0.25, -0.2) is 0 Å². The second kappa shape index (κ2) is 9.19. The summed E-state index contributed by atoms with van der Waals surface area (Å²) in [5.74, 6) is 1.18. The molecule has 4 heteroatoms. The molecule has 12 heavy (non-hydrogen) atoms. The minimum Gasteiger partial charge on any atom is -0.185 e. The van der Waals surface area contributed by atoms with Gasteiger partial charge in [-0.3, -0.25) is 0 Å². The van der Waals surface area contributed by atoms with Gasteiger partial charge in [0.1, 0.15) is 5.40 Å². The Morgan fingerprint density at radius 1 is 1.83 bits per heavy atom. The lowest BCUT2D eigenvalue weighted by molar-refractivity contribution is 1.52. The first-order chi connectivity index (χ1) is 5.85. The highest BCUT2D eigenvalue weighted by atomic mass is 32.2. The lowest BCUT2D eigenvalue weighted by Crippen LogP contribution is -1.77. The van der Waals surface area contributed by atoms with Crippen molar-refractivity contribution in [3.63, 3.8) is 0 Å². The molecule has 0 spiro atoms. The summed E-state index contributed by atoms with van der Waals surface area (Å²) in [5, 5.41) is 8.63. The van der Waals surface area contributed by atoms with Gasteiger partial charge in [0.2, 0.25) is 0 Å². The number of nitriles is 1. The van der Waals surface area contributed by atoms with E-state index in [-0.39, 0.29) is 0 Å². The first-order valence-electron chi connectivity index (χ1n) is 3.61. The number of thiocyanates is 1. The number of thiol groups is 1. The van der Waals surface area contributed by atoms with Gasteiger partial charge >= 0.3 is 0 Å². The summed E-state index contributed by atoms with van der Waals surface area (Å²) >= 11 is 5.07. The molecule has 0 aliphatic carbocycles. The first kappa shape index (κ1) is 12.1. The summed E-state index contributed by atoms with van der Waals surface area (Å²) < 4.78 is 1.57. The van der Waals surface area contributed by atoms with E-state index in [4.69, 9.17) is 5.26 Å². The summed E-state index contributed by atoms with van der Waals surface area (Å²) in [6, 6.07) is 0. The van der Waals surface area contributed by atoms with Crippen LogP contribution in [-0.2, 0) is 0 Å². The molecule has 0 aromatic rings. The van der Waals surface area contributed by atoms with Gasteiger partial charge in [0.05, 0.1) is 0 Å². The molecule has 1 aliphatic heterocycles. The van der Waals surface area contributed by atoms with Gasteiger partial charge in [-0.15, -0.1) is 11.8 Å². The van der Waals surface area contributed by atoms with Crippen molar-refractivity contribution in [1.29, 1.82) is 5.26 Å². The molecule has 0 aromatic carbocycles. The van der Waals surface area contributed by atoms with Crippen molar-refractivity contribution in [1.82, 2.24) is 0 Å². The number of rotatable bonds is 2. The third kappa shape index (κ3) is 6.79. The molecule has 0 saturated carbocycles. The molecular formula is C8H12NPS2. The average molecular weight is 217 g/mol. The molecule has 1 unspecified atom stereocenters. The Bertz CT molecular complexity index is 206. The molecule has 1 rings (SSSR count). The van der Waals surface area contributed by atoms with Crippen LogP contribution in [0.1, 0.15) is 6.92 Å². The van der Waals surface area contributed by atoms with E-state index in [0.717, 1.165) is 8.58 Å². The fourth-order valence-electron chi connectivity index (χ4n) is 0.681.